The van der Waals surface area contributed by atoms with E-state index in [2.05, 4.69) is 0 Å². The topological polar surface area (TPSA) is 102 Å². The first kappa shape index (κ1) is 21.2. The van der Waals surface area contributed by atoms with Gasteiger partial charge in [-0.25, -0.2) is 0 Å². The highest BCUT2D eigenvalue weighted by Crippen LogP contribution is 2.23. The molecule has 0 fully saturated rings. The van der Waals surface area contributed by atoms with Crippen LogP contribution >= 0.6 is 0 Å². The van der Waals surface area contributed by atoms with Crippen molar-refractivity contribution in [3.05, 3.63) is 56.9 Å². The molecule has 0 amide bonds. The lowest BCUT2D eigenvalue weighted by Gasteiger charge is -2.16. The van der Waals surface area contributed by atoms with E-state index in [9.17, 15) is 20.0 Å². The van der Waals surface area contributed by atoms with E-state index in [1.54, 1.807) is 12.1 Å². The Morgan fingerprint density at radius 3 is 2.71 bits per heavy atom. The summed E-state index contributed by atoms with van der Waals surface area (Å²) in [5, 5.41) is 19.9. The third-order valence-electron chi connectivity index (χ3n) is 4.31. The predicted octanol–water partition coefficient (Wildman–Crippen LogP) is 2.73. The Morgan fingerprint density at radius 2 is 2.07 bits per heavy atom. The van der Waals surface area contributed by atoms with Crippen LogP contribution in [0, 0.1) is 25.2 Å². The largest absolute Gasteiger partial charge is 0.494 e. The van der Waals surface area contributed by atoms with Crippen LogP contribution in [0.5, 0.6) is 11.6 Å². The number of pyridine rings is 1. The standard InChI is InChI=1S/C21H24N2O5/c1-4-27-10-6-9-23-20(25)17(12-22)15(3)19(21(23)26)18(24)13-28-16-8-5-7-14(2)11-16/h5,7-8,11,26H,4,6,9-10,13H2,1-3H3. The van der Waals surface area contributed by atoms with Gasteiger partial charge in [0.05, 0.1) is 5.56 Å². The summed E-state index contributed by atoms with van der Waals surface area (Å²) in [6, 6.07) is 9.07. The maximum atomic E-state index is 12.7. The number of benzene rings is 1. The minimum atomic E-state index is -0.620. The molecule has 7 nitrogen and oxygen atoms in total. The van der Waals surface area contributed by atoms with Crippen LogP contribution in [0.15, 0.2) is 29.1 Å². The van der Waals surface area contributed by atoms with Gasteiger partial charge in [0.1, 0.15) is 17.4 Å². The Hall–Kier alpha value is -3.11. The monoisotopic (exact) mass is 384 g/mol. The number of ether oxygens (including phenoxy) is 2. The molecule has 28 heavy (non-hydrogen) atoms. The molecule has 0 atom stereocenters. The maximum absolute atomic E-state index is 12.7. The van der Waals surface area contributed by atoms with Crippen molar-refractivity contribution in [1.82, 2.24) is 4.57 Å². The number of nitrogens with zero attached hydrogens (tertiary/aromatic N) is 2. The lowest BCUT2D eigenvalue weighted by atomic mass is 10.0. The molecule has 2 aromatic rings. The van der Waals surface area contributed by atoms with E-state index in [1.165, 1.54) is 6.92 Å². The van der Waals surface area contributed by atoms with Gasteiger partial charge >= 0.3 is 0 Å². The molecule has 1 aromatic heterocycles. The number of Topliss-reactive ketones (excluding diaryl/α,β-unsaturated/α-hetero) is 1. The van der Waals surface area contributed by atoms with E-state index < -0.39 is 17.2 Å². The average molecular weight is 384 g/mol. The molecular weight excluding hydrogens is 360 g/mol. The summed E-state index contributed by atoms with van der Waals surface area (Å²) in [5.74, 6) is -0.432. The minimum absolute atomic E-state index is 0.0692. The van der Waals surface area contributed by atoms with Crippen LogP contribution < -0.4 is 10.3 Å². The number of carbonyl (C=O) groups is 1. The molecule has 0 radical (unpaired) electrons. The molecule has 0 aliphatic heterocycles. The second-order valence-corrected chi connectivity index (χ2v) is 6.35. The van der Waals surface area contributed by atoms with Gasteiger partial charge < -0.3 is 14.6 Å². The predicted molar refractivity (Wildman–Crippen MR) is 104 cm³/mol. The molecule has 1 aromatic carbocycles. The number of aryl methyl sites for hydroxylation is 1. The second-order valence-electron chi connectivity index (χ2n) is 6.35. The zero-order valence-corrected chi connectivity index (χ0v) is 16.3. The van der Waals surface area contributed by atoms with E-state index in [0.29, 0.717) is 25.4 Å². The molecule has 148 valence electrons. The summed E-state index contributed by atoms with van der Waals surface area (Å²) in [5.41, 5.74) is 0.293. The normalized spacial score (nSPS) is 10.5. The SMILES string of the molecule is CCOCCCn1c(O)c(C(=O)COc2cccc(C)c2)c(C)c(C#N)c1=O. The van der Waals surface area contributed by atoms with Crippen molar-refractivity contribution in [2.24, 2.45) is 0 Å². The summed E-state index contributed by atoms with van der Waals surface area (Å²) in [6.45, 7) is 6.00. The summed E-state index contributed by atoms with van der Waals surface area (Å²) in [6.07, 6.45) is 0.461. The van der Waals surface area contributed by atoms with Gasteiger partial charge in [-0.2, -0.15) is 5.26 Å². The molecule has 2 rings (SSSR count). The lowest BCUT2D eigenvalue weighted by Crippen LogP contribution is -2.28. The van der Waals surface area contributed by atoms with Gasteiger partial charge in [-0.1, -0.05) is 12.1 Å². The zero-order valence-electron chi connectivity index (χ0n) is 16.3. The molecule has 0 bridgehead atoms. The van der Waals surface area contributed by atoms with Gasteiger partial charge in [0.15, 0.2) is 6.61 Å². The Bertz CT molecular complexity index is 956. The van der Waals surface area contributed by atoms with E-state index in [0.717, 1.165) is 10.1 Å². The van der Waals surface area contributed by atoms with E-state index in [4.69, 9.17) is 9.47 Å². The summed E-state index contributed by atoms with van der Waals surface area (Å²) in [7, 11) is 0. The molecule has 1 heterocycles. The molecule has 1 N–H and O–H groups in total. The van der Waals surface area contributed by atoms with Crippen molar-refractivity contribution in [1.29, 1.82) is 5.26 Å². The van der Waals surface area contributed by atoms with Crippen LogP contribution in [0.4, 0.5) is 0 Å². The average Bonchev–Trinajstić information content (AvgIpc) is 2.66. The second kappa shape index (κ2) is 9.72. The molecule has 0 unspecified atom stereocenters. The van der Waals surface area contributed by atoms with Gasteiger partial charge in [-0.3, -0.25) is 14.2 Å². The molecule has 0 aliphatic rings. The summed E-state index contributed by atoms with van der Waals surface area (Å²) >= 11 is 0. The quantitative estimate of drug-likeness (QED) is 0.527. The first-order valence-corrected chi connectivity index (χ1v) is 9.07. The number of rotatable bonds is 9. The van der Waals surface area contributed by atoms with E-state index >= 15 is 0 Å². The van der Waals surface area contributed by atoms with Crippen molar-refractivity contribution in [3.8, 4) is 17.7 Å². The molecular formula is C21H24N2O5. The Labute approximate surface area is 163 Å². The first-order chi connectivity index (χ1) is 13.4. The molecule has 0 spiro atoms. The van der Waals surface area contributed by atoms with Crippen LogP contribution in [0.2, 0.25) is 0 Å². The van der Waals surface area contributed by atoms with Gasteiger partial charge in [0, 0.05) is 19.8 Å². The van der Waals surface area contributed by atoms with Gasteiger partial charge in [0.25, 0.3) is 5.56 Å². The van der Waals surface area contributed by atoms with E-state index in [1.807, 2.05) is 32.0 Å². The van der Waals surface area contributed by atoms with Gasteiger partial charge in [0.2, 0.25) is 11.7 Å². The zero-order chi connectivity index (χ0) is 20.7. The Balaban J connectivity index is 2.32. The fraction of sp³-hybridized carbons (Fsp3) is 0.381. The van der Waals surface area contributed by atoms with Gasteiger partial charge in [-0.15, -0.1) is 0 Å². The Morgan fingerprint density at radius 1 is 1.32 bits per heavy atom. The highest BCUT2D eigenvalue weighted by atomic mass is 16.5. The fourth-order valence-electron chi connectivity index (χ4n) is 2.89. The number of hydrogen-bond acceptors (Lipinski definition) is 6. The molecule has 0 saturated heterocycles. The number of aromatic hydroxyl groups is 1. The number of carbonyl (C=O) groups excluding carboxylic acids is 1. The van der Waals surface area contributed by atoms with E-state index in [-0.39, 0.29) is 29.8 Å². The van der Waals surface area contributed by atoms with Gasteiger partial charge in [-0.05, 0) is 50.5 Å². The number of nitriles is 1. The molecule has 0 saturated carbocycles. The number of hydrogen-bond donors (Lipinski definition) is 1. The van der Waals surface area contributed by atoms with Crippen LogP contribution in [0.3, 0.4) is 0 Å². The van der Waals surface area contributed by atoms with Crippen molar-refractivity contribution >= 4 is 5.78 Å². The third kappa shape index (κ3) is 4.78. The van der Waals surface area contributed by atoms with Crippen molar-refractivity contribution < 1.29 is 19.4 Å². The van der Waals surface area contributed by atoms with Crippen LogP contribution in [-0.2, 0) is 11.3 Å². The third-order valence-corrected chi connectivity index (χ3v) is 4.31. The molecule has 7 heteroatoms. The maximum Gasteiger partial charge on any atom is 0.271 e. The smallest absolute Gasteiger partial charge is 0.271 e. The highest BCUT2D eigenvalue weighted by molar-refractivity contribution is 6.01. The van der Waals surface area contributed by atoms with Crippen molar-refractivity contribution in [2.75, 3.05) is 19.8 Å². The fourth-order valence-corrected chi connectivity index (χ4v) is 2.89. The van der Waals surface area contributed by atoms with Crippen molar-refractivity contribution in [3.63, 3.8) is 0 Å². The highest BCUT2D eigenvalue weighted by Gasteiger charge is 2.24. The number of ketones is 1. The van der Waals surface area contributed by atoms with Crippen LogP contribution in [0.25, 0.3) is 0 Å². The van der Waals surface area contributed by atoms with Crippen molar-refractivity contribution in [2.45, 2.75) is 33.7 Å². The molecule has 0 aliphatic carbocycles. The van der Waals surface area contributed by atoms with Crippen LogP contribution in [-0.4, -0.2) is 35.3 Å². The minimum Gasteiger partial charge on any atom is -0.494 e. The lowest BCUT2D eigenvalue weighted by molar-refractivity contribution is 0.0916. The first-order valence-electron chi connectivity index (χ1n) is 9.07. The Kier molecular flexibility index (Phi) is 7.36. The summed E-state index contributed by atoms with van der Waals surface area (Å²) in [4.78, 5) is 25.2. The van der Waals surface area contributed by atoms with Crippen LogP contribution in [0.1, 0.15) is 40.4 Å². The number of aromatic nitrogens is 1. The summed E-state index contributed by atoms with van der Waals surface area (Å²) < 4.78 is 11.8.